The number of esters is 2. The molecule has 0 aromatic heterocycles. The fourth-order valence-electron chi connectivity index (χ4n) is 2.55. The number of hydrogen-bond acceptors (Lipinski definition) is 6. The monoisotopic (exact) mass is 307 g/mol. The number of amides is 1. The van der Waals surface area contributed by atoms with E-state index in [4.69, 9.17) is 9.47 Å². The van der Waals surface area contributed by atoms with Gasteiger partial charge in [0.25, 0.3) is 0 Å². The van der Waals surface area contributed by atoms with E-state index in [0.29, 0.717) is 17.0 Å². The van der Waals surface area contributed by atoms with Crippen molar-refractivity contribution in [3.63, 3.8) is 0 Å². The predicted molar refractivity (Wildman–Crippen MR) is 76.5 cm³/mol. The Kier molecular flexibility index (Phi) is 4.65. The highest BCUT2D eigenvalue weighted by Crippen LogP contribution is 2.40. The third kappa shape index (κ3) is 2.88. The van der Waals surface area contributed by atoms with Crippen molar-refractivity contribution < 1.29 is 28.6 Å². The van der Waals surface area contributed by atoms with Crippen LogP contribution in [0.1, 0.15) is 17.9 Å². The van der Waals surface area contributed by atoms with Gasteiger partial charge in [-0.15, -0.1) is 0 Å². The zero-order valence-electron chi connectivity index (χ0n) is 12.5. The summed E-state index contributed by atoms with van der Waals surface area (Å²) in [6.07, 6.45) is -0.107. The van der Waals surface area contributed by atoms with Crippen molar-refractivity contribution >= 4 is 23.5 Å². The van der Waals surface area contributed by atoms with E-state index >= 15 is 0 Å². The molecule has 0 aliphatic carbocycles. The van der Waals surface area contributed by atoms with Crippen LogP contribution >= 0.6 is 0 Å². The first-order chi connectivity index (χ1) is 10.5. The number of carbonyl (C=O) groups excluding carboxylic acids is 3. The van der Waals surface area contributed by atoms with Gasteiger partial charge in [0.15, 0.2) is 0 Å². The lowest BCUT2D eigenvalue weighted by Crippen LogP contribution is -2.40. The molecule has 0 saturated carbocycles. The number of hydrogen-bond donors (Lipinski definition) is 1. The Hall–Kier alpha value is -2.57. The molecule has 2 rings (SSSR count). The molecule has 22 heavy (non-hydrogen) atoms. The van der Waals surface area contributed by atoms with E-state index in [2.05, 4.69) is 10.1 Å². The van der Waals surface area contributed by atoms with Crippen molar-refractivity contribution in [1.82, 2.24) is 0 Å². The van der Waals surface area contributed by atoms with E-state index in [9.17, 15) is 14.4 Å². The van der Waals surface area contributed by atoms with Gasteiger partial charge in [0.1, 0.15) is 11.7 Å². The van der Waals surface area contributed by atoms with Crippen LogP contribution in [0.2, 0.25) is 0 Å². The Balaban J connectivity index is 2.50. The molecule has 1 amide bonds. The van der Waals surface area contributed by atoms with Gasteiger partial charge in [-0.05, 0) is 23.8 Å². The van der Waals surface area contributed by atoms with Crippen molar-refractivity contribution in [3.8, 4) is 5.75 Å². The van der Waals surface area contributed by atoms with Crippen LogP contribution in [0.3, 0.4) is 0 Å². The van der Waals surface area contributed by atoms with E-state index in [-0.39, 0.29) is 6.42 Å². The molecule has 1 aliphatic heterocycles. The SMILES string of the molecule is COC(=O)CC1c2cc(OC)ccc2NC(=O)C1C(=O)OC. The van der Waals surface area contributed by atoms with Crippen LogP contribution in [0.4, 0.5) is 5.69 Å². The van der Waals surface area contributed by atoms with Crippen molar-refractivity contribution in [1.29, 1.82) is 0 Å². The number of anilines is 1. The maximum absolute atomic E-state index is 12.2. The first kappa shape index (κ1) is 15.8. The average molecular weight is 307 g/mol. The van der Waals surface area contributed by atoms with Gasteiger partial charge >= 0.3 is 11.9 Å². The summed E-state index contributed by atoms with van der Waals surface area (Å²) in [7, 11) is 3.97. The fraction of sp³-hybridized carbons (Fsp3) is 0.400. The second kappa shape index (κ2) is 6.46. The summed E-state index contributed by atoms with van der Waals surface area (Å²) in [4.78, 5) is 35.8. The number of benzene rings is 1. The molecule has 2 atom stereocenters. The van der Waals surface area contributed by atoms with Crippen LogP contribution in [-0.4, -0.2) is 39.2 Å². The molecule has 0 spiro atoms. The van der Waals surface area contributed by atoms with Gasteiger partial charge in [-0.3, -0.25) is 14.4 Å². The van der Waals surface area contributed by atoms with Crippen molar-refractivity contribution in [2.75, 3.05) is 26.6 Å². The third-order valence-corrected chi connectivity index (χ3v) is 3.67. The summed E-state index contributed by atoms with van der Waals surface area (Å²) in [5, 5.41) is 2.65. The van der Waals surface area contributed by atoms with E-state index in [1.807, 2.05) is 0 Å². The highest BCUT2D eigenvalue weighted by molar-refractivity contribution is 6.08. The number of ether oxygens (including phenoxy) is 3. The molecule has 1 aliphatic rings. The van der Waals surface area contributed by atoms with Crippen LogP contribution in [0, 0.1) is 5.92 Å². The third-order valence-electron chi connectivity index (χ3n) is 3.67. The summed E-state index contributed by atoms with van der Waals surface area (Å²) >= 11 is 0. The van der Waals surface area contributed by atoms with Crippen molar-refractivity contribution in [3.05, 3.63) is 23.8 Å². The summed E-state index contributed by atoms with van der Waals surface area (Å²) < 4.78 is 14.5. The maximum atomic E-state index is 12.2. The van der Waals surface area contributed by atoms with Gasteiger partial charge < -0.3 is 19.5 Å². The minimum atomic E-state index is -1.11. The summed E-state index contributed by atoms with van der Waals surface area (Å²) in [5.41, 5.74) is 1.18. The summed E-state index contributed by atoms with van der Waals surface area (Å²) in [5.74, 6) is -2.92. The minimum absolute atomic E-state index is 0.107. The number of rotatable bonds is 4. The Bertz CT molecular complexity index is 612. The molecular formula is C15H17NO6. The molecule has 0 radical (unpaired) electrons. The normalized spacial score (nSPS) is 19.7. The van der Waals surface area contributed by atoms with Gasteiger partial charge in [-0.1, -0.05) is 0 Å². The van der Waals surface area contributed by atoms with Crippen LogP contribution < -0.4 is 10.1 Å². The van der Waals surface area contributed by atoms with E-state index in [1.54, 1.807) is 18.2 Å². The first-order valence-electron chi connectivity index (χ1n) is 6.65. The topological polar surface area (TPSA) is 90.9 Å². The maximum Gasteiger partial charge on any atom is 0.318 e. The van der Waals surface area contributed by atoms with Gasteiger partial charge in [0.05, 0.1) is 27.8 Å². The lowest BCUT2D eigenvalue weighted by atomic mass is 9.79. The predicted octanol–water partition coefficient (Wildman–Crippen LogP) is 1.08. The lowest BCUT2D eigenvalue weighted by molar-refractivity contribution is -0.150. The van der Waals surface area contributed by atoms with Crippen LogP contribution in [0.5, 0.6) is 5.75 Å². The molecule has 7 nitrogen and oxygen atoms in total. The Morgan fingerprint density at radius 1 is 1.18 bits per heavy atom. The molecule has 1 heterocycles. The standard InChI is InChI=1S/C15H17NO6/c1-20-8-4-5-11-9(6-8)10(7-12(17)21-2)13(14(18)16-11)15(19)22-3/h4-6,10,13H,7H2,1-3H3,(H,16,18). The first-order valence-corrected chi connectivity index (χ1v) is 6.65. The van der Waals surface area contributed by atoms with Crippen LogP contribution in [-0.2, 0) is 23.9 Å². The highest BCUT2D eigenvalue weighted by atomic mass is 16.5. The summed E-state index contributed by atoms with van der Waals surface area (Å²) in [6.45, 7) is 0. The van der Waals surface area contributed by atoms with Crippen molar-refractivity contribution in [2.45, 2.75) is 12.3 Å². The number of nitrogens with one attached hydrogen (secondary N) is 1. The summed E-state index contributed by atoms with van der Waals surface area (Å²) in [6, 6.07) is 5.05. The Morgan fingerprint density at radius 2 is 1.91 bits per heavy atom. The molecule has 1 N–H and O–H groups in total. The van der Waals surface area contributed by atoms with Gasteiger partial charge in [-0.25, -0.2) is 0 Å². The molecule has 2 unspecified atom stereocenters. The van der Waals surface area contributed by atoms with E-state index in [1.165, 1.54) is 21.3 Å². The molecule has 0 fully saturated rings. The second-order valence-corrected chi connectivity index (χ2v) is 4.83. The van der Waals surface area contributed by atoms with Gasteiger partial charge in [0, 0.05) is 11.6 Å². The minimum Gasteiger partial charge on any atom is -0.497 e. The molecule has 118 valence electrons. The van der Waals surface area contributed by atoms with Crippen molar-refractivity contribution in [2.24, 2.45) is 5.92 Å². The van der Waals surface area contributed by atoms with E-state index < -0.39 is 29.7 Å². The quantitative estimate of drug-likeness (QED) is 0.661. The average Bonchev–Trinajstić information content (AvgIpc) is 2.53. The smallest absolute Gasteiger partial charge is 0.318 e. The van der Waals surface area contributed by atoms with Crippen LogP contribution in [0.15, 0.2) is 18.2 Å². The van der Waals surface area contributed by atoms with Gasteiger partial charge in [0.2, 0.25) is 5.91 Å². The Labute approximate surface area is 127 Å². The second-order valence-electron chi connectivity index (χ2n) is 4.83. The largest absolute Gasteiger partial charge is 0.497 e. The lowest BCUT2D eigenvalue weighted by Gasteiger charge is -2.31. The zero-order valence-corrected chi connectivity index (χ0v) is 12.5. The number of fused-ring (bicyclic) bond motifs is 1. The molecular weight excluding hydrogens is 290 g/mol. The molecule has 7 heteroatoms. The Morgan fingerprint density at radius 3 is 2.50 bits per heavy atom. The fourth-order valence-corrected chi connectivity index (χ4v) is 2.55. The highest BCUT2D eigenvalue weighted by Gasteiger charge is 2.42. The van der Waals surface area contributed by atoms with Crippen LogP contribution in [0.25, 0.3) is 0 Å². The molecule has 1 aromatic carbocycles. The molecule has 0 bridgehead atoms. The number of carbonyl (C=O) groups is 3. The number of methoxy groups -OCH3 is 3. The van der Waals surface area contributed by atoms with Gasteiger partial charge in [-0.2, -0.15) is 0 Å². The zero-order chi connectivity index (χ0) is 16.3. The molecule has 0 saturated heterocycles. The molecule has 1 aromatic rings. The van der Waals surface area contributed by atoms with E-state index in [0.717, 1.165) is 0 Å².